The summed E-state index contributed by atoms with van der Waals surface area (Å²) in [5.74, 6) is 2.05. The molecule has 0 aliphatic rings. The molecule has 1 heterocycles. The lowest BCUT2D eigenvalue weighted by atomic mass is 10.1. The van der Waals surface area contributed by atoms with Crippen molar-refractivity contribution >= 4 is 12.3 Å². The third-order valence-electron chi connectivity index (χ3n) is 3.17. The number of carbonyl (C=O) groups is 1. The number of hydrogen-bond acceptors (Lipinski definition) is 5. The van der Waals surface area contributed by atoms with Gasteiger partial charge in [-0.25, -0.2) is 9.97 Å². The predicted molar refractivity (Wildman–Crippen MR) is 89.7 cm³/mol. The lowest BCUT2D eigenvalue weighted by Crippen LogP contribution is -2.20. The average molecular weight is 317 g/mol. The van der Waals surface area contributed by atoms with Gasteiger partial charge in [-0.2, -0.15) is 0 Å². The Morgan fingerprint density at radius 1 is 1.35 bits per heavy atom. The van der Waals surface area contributed by atoms with Crippen LogP contribution in [0.25, 0.3) is 0 Å². The second-order valence-electron chi connectivity index (χ2n) is 5.15. The van der Waals surface area contributed by atoms with Crippen molar-refractivity contribution in [2.75, 3.05) is 11.9 Å². The van der Waals surface area contributed by atoms with Crippen molar-refractivity contribution in [1.82, 2.24) is 9.97 Å². The monoisotopic (exact) mass is 317 g/mol. The van der Waals surface area contributed by atoms with Crippen LogP contribution in [0.3, 0.4) is 0 Å². The molecule has 0 aliphatic heterocycles. The molecule has 0 saturated carbocycles. The zero-order chi connectivity index (χ0) is 17.2. The zero-order valence-corrected chi connectivity index (χ0v) is 13.7. The summed E-state index contributed by atoms with van der Waals surface area (Å²) in [6.45, 7) is 4.52. The lowest BCUT2D eigenvalue weighted by molar-refractivity contribution is -0.122. The second kappa shape index (κ2) is 9.40. The number of anilines is 1. The van der Waals surface area contributed by atoms with Gasteiger partial charge in [0, 0.05) is 25.4 Å². The highest BCUT2D eigenvalue weighted by Gasteiger charge is 2.10. The number of hydrogen-bond donors (Lipinski definition) is 2. The first kappa shape index (κ1) is 18.4. The summed E-state index contributed by atoms with van der Waals surface area (Å²) in [6.07, 6.45) is 3.96. The third kappa shape index (κ3) is 5.94. The fourth-order valence-electron chi connectivity index (χ4n) is 2.26. The van der Waals surface area contributed by atoms with Crippen molar-refractivity contribution in [1.29, 1.82) is 0 Å². The van der Waals surface area contributed by atoms with E-state index in [4.69, 9.17) is 9.90 Å². The van der Waals surface area contributed by atoms with Gasteiger partial charge in [0.1, 0.15) is 17.4 Å². The van der Waals surface area contributed by atoms with E-state index in [0.29, 0.717) is 12.3 Å². The van der Waals surface area contributed by atoms with Gasteiger partial charge in [-0.1, -0.05) is 25.5 Å². The summed E-state index contributed by atoms with van der Waals surface area (Å²) >= 11 is 0. The molecule has 0 unspecified atom stereocenters. The molecule has 0 amide bonds. The van der Waals surface area contributed by atoms with Crippen molar-refractivity contribution in [3.63, 3.8) is 0 Å². The number of phenols is 1. The molecule has 0 atom stereocenters. The van der Waals surface area contributed by atoms with E-state index in [2.05, 4.69) is 21.8 Å². The number of phenolic OH excluding ortho intramolecular Hbond substituents is 1. The molecule has 2 aromatic rings. The minimum Gasteiger partial charge on any atom is -0.508 e. The minimum absolute atomic E-state index is 0.250. The van der Waals surface area contributed by atoms with Crippen molar-refractivity contribution in [3.05, 3.63) is 47.4 Å². The molecule has 2 rings (SSSR count). The van der Waals surface area contributed by atoms with Gasteiger partial charge in [-0.05, 0) is 31.0 Å². The smallest absolute Gasteiger partial charge is 0.290 e. The van der Waals surface area contributed by atoms with E-state index in [-0.39, 0.29) is 6.47 Å². The molecule has 0 aliphatic carbocycles. The molecule has 6 heteroatoms. The first-order valence-corrected chi connectivity index (χ1v) is 7.41. The quantitative estimate of drug-likeness (QED) is 0.825. The van der Waals surface area contributed by atoms with Gasteiger partial charge < -0.3 is 15.1 Å². The lowest BCUT2D eigenvalue weighted by Gasteiger charge is -2.21. The van der Waals surface area contributed by atoms with E-state index in [1.165, 1.54) is 5.56 Å². The Morgan fingerprint density at radius 3 is 2.65 bits per heavy atom. The minimum atomic E-state index is -0.250. The number of carboxylic acid groups (broad SMARTS) is 1. The van der Waals surface area contributed by atoms with Crippen LogP contribution >= 0.6 is 0 Å². The van der Waals surface area contributed by atoms with Crippen molar-refractivity contribution < 1.29 is 15.0 Å². The van der Waals surface area contributed by atoms with Gasteiger partial charge in [0.15, 0.2) is 0 Å². The van der Waals surface area contributed by atoms with Crippen LogP contribution in [0.1, 0.15) is 30.3 Å². The van der Waals surface area contributed by atoms with Gasteiger partial charge in [-0.3, -0.25) is 4.79 Å². The van der Waals surface area contributed by atoms with E-state index in [0.717, 1.165) is 30.0 Å². The van der Waals surface area contributed by atoms with Crippen LogP contribution in [0.4, 0.5) is 5.82 Å². The van der Waals surface area contributed by atoms with E-state index in [1.54, 1.807) is 12.1 Å². The van der Waals surface area contributed by atoms with Crippen LogP contribution < -0.4 is 4.90 Å². The van der Waals surface area contributed by atoms with Crippen molar-refractivity contribution in [2.45, 2.75) is 33.2 Å². The Hall–Kier alpha value is -2.63. The number of aryl methyl sites for hydroxylation is 2. The van der Waals surface area contributed by atoms with E-state index < -0.39 is 0 Å². The Bertz CT molecular complexity index is 632. The first-order valence-electron chi connectivity index (χ1n) is 7.41. The molecule has 0 spiro atoms. The maximum Gasteiger partial charge on any atom is 0.290 e. The molecule has 23 heavy (non-hydrogen) atoms. The SMILES string of the molecule is CCCc1cnc(C)nc1N(C)Cc1cccc(O)c1.O=CO. The largest absolute Gasteiger partial charge is 0.508 e. The fourth-order valence-corrected chi connectivity index (χ4v) is 2.26. The van der Waals surface area contributed by atoms with Gasteiger partial charge in [0.2, 0.25) is 0 Å². The topological polar surface area (TPSA) is 86.5 Å². The fraction of sp³-hybridized carbons (Fsp3) is 0.353. The number of aromatic hydroxyl groups is 1. The molecular weight excluding hydrogens is 294 g/mol. The van der Waals surface area contributed by atoms with Crippen LogP contribution in [-0.4, -0.2) is 33.7 Å². The summed E-state index contributed by atoms with van der Waals surface area (Å²) in [6, 6.07) is 7.32. The predicted octanol–water partition coefficient (Wildman–Crippen LogP) is 2.78. The van der Waals surface area contributed by atoms with Crippen LogP contribution in [0.15, 0.2) is 30.5 Å². The van der Waals surface area contributed by atoms with Crippen LogP contribution in [-0.2, 0) is 17.8 Å². The average Bonchev–Trinajstić information content (AvgIpc) is 2.50. The number of rotatable bonds is 5. The Kier molecular flexibility index (Phi) is 7.53. The molecule has 0 saturated heterocycles. The number of nitrogens with zero attached hydrogens (tertiary/aromatic N) is 3. The maximum atomic E-state index is 9.54. The summed E-state index contributed by atoms with van der Waals surface area (Å²) in [5, 5.41) is 16.4. The van der Waals surface area contributed by atoms with E-state index >= 15 is 0 Å². The van der Waals surface area contributed by atoms with Gasteiger partial charge in [-0.15, -0.1) is 0 Å². The second-order valence-corrected chi connectivity index (χ2v) is 5.15. The standard InChI is InChI=1S/C16H21N3O.CH2O2/c1-4-6-14-10-17-12(2)18-16(14)19(3)11-13-7-5-8-15(20)9-13;2-1-3/h5,7-10,20H,4,6,11H2,1-3H3;1H,(H,2,3). The highest BCUT2D eigenvalue weighted by molar-refractivity contribution is 5.46. The molecule has 1 aromatic carbocycles. The highest BCUT2D eigenvalue weighted by atomic mass is 16.3. The van der Waals surface area contributed by atoms with E-state index in [1.807, 2.05) is 32.3 Å². The first-order chi connectivity index (χ1) is 11.0. The van der Waals surface area contributed by atoms with Gasteiger partial charge in [0.05, 0.1) is 0 Å². The molecule has 0 radical (unpaired) electrons. The van der Waals surface area contributed by atoms with Crippen LogP contribution in [0, 0.1) is 6.92 Å². The maximum absolute atomic E-state index is 9.54. The number of aromatic nitrogens is 2. The van der Waals surface area contributed by atoms with Crippen LogP contribution in [0.5, 0.6) is 5.75 Å². The van der Waals surface area contributed by atoms with Crippen LogP contribution in [0.2, 0.25) is 0 Å². The summed E-state index contributed by atoms with van der Waals surface area (Å²) in [4.78, 5) is 19.3. The molecule has 124 valence electrons. The Labute approximate surface area is 136 Å². The van der Waals surface area contributed by atoms with Gasteiger partial charge in [0.25, 0.3) is 6.47 Å². The molecule has 0 bridgehead atoms. The molecular formula is C17H23N3O3. The molecule has 1 aromatic heterocycles. The Morgan fingerprint density at radius 2 is 2.04 bits per heavy atom. The summed E-state index contributed by atoms with van der Waals surface area (Å²) in [5.41, 5.74) is 2.23. The van der Waals surface area contributed by atoms with Crippen molar-refractivity contribution in [3.8, 4) is 5.75 Å². The summed E-state index contributed by atoms with van der Waals surface area (Å²) < 4.78 is 0. The molecule has 6 nitrogen and oxygen atoms in total. The number of benzene rings is 1. The van der Waals surface area contributed by atoms with E-state index in [9.17, 15) is 5.11 Å². The third-order valence-corrected chi connectivity index (χ3v) is 3.17. The molecule has 2 N–H and O–H groups in total. The Balaban J connectivity index is 0.000000816. The summed E-state index contributed by atoms with van der Waals surface area (Å²) in [7, 11) is 2.02. The highest BCUT2D eigenvalue weighted by Crippen LogP contribution is 2.21. The van der Waals surface area contributed by atoms with Gasteiger partial charge >= 0.3 is 0 Å². The normalized spacial score (nSPS) is 9.70. The zero-order valence-electron chi connectivity index (χ0n) is 13.7. The molecule has 0 fully saturated rings. The van der Waals surface area contributed by atoms with Crippen molar-refractivity contribution in [2.24, 2.45) is 0 Å².